The quantitative estimate of drug-likeness (QED) is 0.282. The number of rotatable bonds is 6. The second kappa shape index (κ2) is 10.1. The van der Waals surface area contributed by atoms with Gasteiger partial charge in [0.2, 0.25) is 0 Å². The third kappa shape index (κ3) is 5.25. The minimum atomic E-state index is -0.531. The third-order valence-corrected chi connectivity index (χ3v) is 5.49. The van der Waals surface area contributed by atoms with E-state index in [0.29, 0.717) is 15.6 Å². The van der Waals surface area contributed by atoms with Crippen molar-refractivity contribution in [3.05, 3.63) is 136 Å². The molecule has 3 aromatic carbocycles. The summed E-state index contributed by atoms with van der Waals surface area (Å²) in [5.41, 5.74) is 2.58. The number of ether oxygens (including phenoxy) is 1. The van der Waals surface area contributed by atoms with E-state index >= 15 is 0 Å². The Morgan fingerprint density at radius 1 is 0.758 bits per heavy atom. The molecule has 1 amide bonds. The Morgan fingerprint density at radius 3 is 1.76 bits per heavy atom. The summed E-state index contributed by atoms with van der Waals surface area (Å²) in [4.78, 5) is 25.8. The molecule has 0 aliphatic carbocycles. The first-order valence-electron chi connectivity index (χ1n) is 10.4. The van der Waals surface area contributed by atoms with Gasteiger partial charge in [0.05, 0.1) is 5.56 Å². The molecule has 0 unspecified atom stereocenters. The molecule has 33 heavy (non-hydrogen) atoms. The van der Waals surface area contributed by atoms with Gasteiger partial charge < -0.3 is 4.74 Å². The highest BCUT2D eigenvalue weighted by atomic mass is 32.1. The number of carbonyl (C=O) groups is 2. The smallest absolute Gasteiger partial charge is 0.339 e. The topological polar surface area (TPSA) is 51.5 Å². The van der Waals surface area contributed by atoms with Crippen molar-refractivity contribution >= 4 is 24.1 Å². The van der Waals surface area contributed by atoms with Gasteiger partial charge >= 0.3 is 5.97 Å². The number of pyridine rings is 1. The van der Waals surface area contributed by atoms with E-state index < -0.39 is 12.1 Å². The molecular weight excluding hydrogens is 432 g/mol. The molecule has 4 aromatic rings. The number of benzene rings is 3. The summed E-state index contributed by atoms with van der Waals surface area (Å²) in [5, 5.41) is 1.46. The number of esters is 1. The van der Waals surface area contributed by atoms with Crippen molar-refractivity contribution in [1.29, 1.82) is 0 Å². The summed E-state index contributed by atoms with van der Waals surface area (Å²) in [5.74, 6) is -0.682. The van der Waals surface area contributed by atoms with Gasteiger partial charge in [-0.05, 0) is 47.5 Å². The Morgan fingerprint density at radius 2 is 1.24 bits per heavy atom. The number of amides is 1. The molecule has 0 fully saturated rings. The fraction of sp³-hybridized carbons (Fsp3) is 0.0741. The molecule has 0 aliphatic heterocycles. The SMILES string of the molecule is CN(C(=O)c1ccc(C(=O)OC(c2ccccc2)c2ccccc2)cc1)n1ccc(=S)cc1. The Hall–Kier alpha value is -4.03. The second-order valence-corrected chi connectivity index (χ2v) is 7.90. The number of nitrogens with zero attached hydrogens (tertiary/aromatic N) is 2. The molecule has 1 aromatic heterocycles. The van der Waals surface area contributed by atoms with E-state index in [-0.39, 0.29) is 5.91 Å². The van der Waals surface area contributed by atoms with E-state index in [0.717, 1.165) is 11.1 Å². The predicted octanol–water partition coefficient (Wildman–Crippen LogP) is 5.57. The lowest BCUT2D eigenvalue weighted by Crippen LogP contribution is -2.36. The fourth-order valence-corrected chi connectivity index (χ4v) is 3.53. The van der Waals surface area contributed by atoms with E-state index in [1.54, 1.807) is 60.5 Å². The van der Waals surface area contributed by atoms with Crippen molar-refractivity contribution < 1.29 is 14.3 Å². The van der Waals surface area contributed by atoms with Crippen molar-refractivity contribution in [3.8, 4) is 0 Å². The molecule has 0 atom stereocenters. The summed E-state index contributed by atoms with van der Waals surface area (Å²) < 4.78 is 8.23. The summed E-state index contributed by atoms with van der Waals surface area (Å²) in [6.45, 7) is 0. The lowest BCUT2D eigenvalue weighted by atomic mass is 10.0. The van der Waals surface area contributed by atoms with Gasteiger partial charge in [-0.1, -0.05) is 72.9 Å². The first kappa shape index (κ1) is 22.2. The zero-order valence-corrected chi connectivity index (χ0v) is 18.8. The van der Waals surface area contributed by atoms with Crippen LogP contribution in [0.3, 0.4) is 0 Å². The summed E-state index contributed by atoms with van der Waals surface area (Å²) >= 11 is 5.09. The van der Waals surface area contributed by atoms with Crippen molar-refractivity contribution in [1.82, 2.24) is 4.68 Å². The lowest BCUT2D eigenvalue weighted by Gasteiger charge is -2.21. The van der Waals surface area contributed by atoms with Crippen LogP contribution in [0.4, 0.5) is 0 Å². The zero-order valence-electron chi connectivity index (χ0n) is 18.0. The largest absolute Gasteiger partial charge is 0.449 e. The van der Waals surface area contributed by atoms with Crippen LogP contribution in [0.2, 0.25) is 0 Å². The number of carbonyl (C=O) groups excluding carboxylic acids is 2. The number of hydrogen-bond donors (Lipinski definition) is 0. The molecule has 4 rings (SSSR count). The van der Waals surface area contributed by atoms with E-state index in [9.17, 15) is 9.59 Å². The van der Waals surface area contributed by atoms with Crippen LogP contribution in [0.1, 0.15) is 37.9 Å². The highest BCUT2D eigenvalue weighted by molar-refractivity contribution is 7.71. The monoisotopic (exact) mass is 454 g/mol. The number of hydrogen-bond acceptors (Lipinski definition) is 4. The molecule has 0 radical (unpaired) electrons. The molecule has 1 heterocycles. The summed E-state index contributed by atoms with van der Waals surface area (Å²) in [7, 11) is 1.66. The van der Waals surface area contributed by atoms with Gasteiger partial charge in [0.1, 0.15) is 0 Å². The van der Waals surface area contributed by atoms with Gasteiger partial charge in [-0.2, -0.15) is 0 Å². The van der Waals surface area contributed by atoms with E-state index in [1.807, 2.05) is 60.7 Å². The minimum absolute atomic E-state index is 0.219. The molecule has 0 aliphatic rings. The highest BCUT2D eigenvalue weighted by Gasteiger charge is 2.20. The fourth-order valence-electron chi connectivity index (χ4n) is 3.40. The maximum atomic E-state index is 12.9. The van der Waals surface area contributed by atoms with Crippen LogP contribution in [-0.4, -0.2) is 23.6 Å². The van der Waals surface area contributed by atoms with E-state index in [1.165, 1.54) is 5.01 Å². The number of aromatic nitrogens is 1. The Bertz CT molecular complexity index is 1240. The maximum Gasteiger partial charge on any atom is 0.339 e. The molecule has 0 N–H and O–H groups in total. The standard InChI is InChI=1S/C27H22N2O3S/c1-28(29-18-16-24(33)17-19-29)26(30)22-12-14-23(15-13-22)27(31)32-25(20-8-4-2-5-9-20)21-10-6-3-7-11-21/h2-19,25H,1H3. The average molecular weight is 455 g/mol. The molecular formula is C27H22N2O3S. The van der Waals surface area contributed by atoms with Crippen molar-refractivity contribution in [2.75, 3.05) is 12.1 Å². The van der Waals surface area contributed by atoms with Gasteiger partial charge in [0.15, 0.2) is 6.10 Å². The molecule has 5 nitrogen and oxygen atoms in total. The van der Waals surface area contributed by atoms with E-state index in [2.05, 4.69) is 0 Å². The van der Waals surface area contributed by atoms with Gasteiger partial charge in [0, 0.05) is 29.5 Å². The second-order valence-electron chi connectivity index (χ2n) is 7.43. The van der Waals surface area contributed by atoms with Crippen molar-refractivity contribution in [2.45, 2.75) is 6.10 Å². The van der Waals surface area contributed by atoms with Crippen LogP contribution < -0.4 is 5.01 Å². The van der Waals surface area contributed by atoms with Crippen LogP contribution in [0, 0.1) is 4.51 Å². The predicted molar refractivity (Wildman–Crippen MR) is 130 cm³/mol. The van der Waals surface area contributed by atoms with Crippen LogP contribution in [0.5, 0.6) is 0 Å². The molecule has 0 saturated carbocycles. The Balaban J connectivity index is 1.52. The summed E-state index contributed by atoms with van der Waals surface area (Å²) in [6, 6.07) is 29.2. The molecule has 0 bridgehead atoms. The Labute approximate surface area is 197 Å². The molecule has 0 spiro atoms. The van der Waals surface area contributed by atoms with Crippen molar-refractivity contribution in [3.63, 3.8) is 0 Å². The zero-order chi connectivity index (χ0) is 23.2. The van der Waals surface area contributed by atoms with Gasteiger partial charge in [-0.3, -0.25) is 9.47 Å². The van der Waals surface area contributed by atoms with Gasteiger partial charge in [0.25, 0.3) is 5.91 Å². The summed E-state index contributed by atoms with van der Waals surface area (Å²) in [6.07, 6.45) is 2.91. The Kier molecular flexibility index (Phi) is 6.76. The van der Waals surface area contributed by atoms with Crippen molar-refractivity contribution in [2.24, 2.45) is 0 Å². The van der Waals surface area contributed by atoms with Crippen LogP contribution in [0.25, 0.3) is 0 Å². The first-order chi connectivity index (χ1) is 16.0. The normalized spacial score (nSPS) is 10.6. The van der Waals surface area contributed by atoms with Gasteiger partial charge in [-0.15, -0.1) is 0 Å². The van der Waals surface area contributed by atoms with Crippen LogP contribution >= 0.6 is 12.2 Å². The third-order valence-electron chi connectivity index (χ3n) is 5.22. The van der Waals surface area contributed by atoms with Gasteiger partial charge in [-0.25, -0.2) is 9.80 Å². The van der Waals surface area contributed by atoms with E-state index in [4.69, 9.17) is 17.0 Å². The minimum Gasteiger partial charge on any atom is -0.449 e. The van der Waals surface area contributed by atoms with Crippen LogP contribution in [0.15, 0.2) is 109 Å². The average Bonchev–Trinajstić information content (AvgIpc) is 2.88. The lowest BCUT2D eigenvalue weighted by molar-refractivity contribution is 0.0378. The first-order valence-corrected chi connectivity index (χ1v) is 10.8. The molecule has 6 heteroatoms. The maximum absolute atomic E-state index is 12.9. The van der Waals surface area contributed by atoms with Crippen LogP contribution in [-0.2, 0) is 4.74 Å². The highest BCUT2D eigenvalue weighted by Crippen LogP contribution is 2.27. The molecule has 164 valence electrons. The molecule has 0 saturated heterocycles.